The standard InChI is InChI=1S/C15H20BrClN2O/c1-15(2,3)10-8-11(19-7-5-6-18-9-19)13(17)12(16)14(10)20-4/h5,7-8,18H,6,9H2,1-4H3. The van der Waals surface area contributed by atoms with Gasteiger partial charge in [0.2, 0.25) is 0 Å². The van der Waals surface area contributed by atoms with Crippen LogP contribution in [0.5, 0.6) is 5.75 Å². The van der Waals surface area contributed by atoms with E-state index in [9.17, 15) is 0 Å². The van der Waals surface area contributed by atoms with Gasteiger partial charge in [-0.25, -0.2) is 0 Å². The minimum atomic E-state index is -0.0276. The molecule has 0 atom stereocenters. The quantitative estimate of drug-likeness (QED) is 0.852. The van der Waals surface area contributed by atoms with Gasteiger partial charge in [0.15, 0.2) is 0 Å². The Balaban J connectivity index is 2.61. The summed E-state index contributed by atoms with van der Waals surface area (Å²) >= 11 is 10.1. The molecule has 1 aromatic carbocycles. The number of hydrogen-bond acceptors (Lipinski definition) is 3. The molecule has 1 heterocycles. The van der Waals surface area contributed by atoms with E-state index < -0.39 is 0 Å². The van der Waals surface area contributed by atoms with E-state index in [1.807, 2.05) is 0 Å². The normalized spacial score (nSPS) is 15.6. The van der Waals surface area contributed by atoms with E-state index in [-0.39, 0.29) is 5.41 Å². The van der Waals surface area contributed by atoms with Crippen LogP contribution in [0.1, 0.15) is 26.3 Å². The van der Waals surface area contributed by atoms with E-state index in [1.165, 1.54) is 0 Å². The summed E-state index contributed by atoms with van der Waals surface area (Å²) in [5, 5.41) is 3.97. The van der Waals surface area contributed by atoms with Gasteiger partial charge in [-0.15, -0.1) is 0 Å². The molecule has 0 spiro atoms. The van der Waals surface area contributed by atoms with E-state index in [0.717, 1.165) is 34.7 Å². The maximum absolute atomic E-state index is 6.50. The van der Waals surface area contributed by atoms with Crippen LogP contribution in [0.2, 0.25) is 5.02 Å². The second-order valence-electron chi connectivity index (χ2n) is 5.82. The van der Waals surface area contributed by atoms with Crippen molar-refractivity contribution in [2.45, 2.75) is 26.2 Å². The van der Waals surface area contributed by atoms with Crippen LogP contribution in [-0.4, -0.2) is 20.3 Å². The molecule has 1 N–H and O–H groups in total. The molecule has 3 nitrogen and oxygen atoms in total. The van der Waals surface area contributed by atoms with Crippen LogP contribution in [0.3, 0.4) is 0 Å². The molecule has 0 aromatic heterocycles. The van der Waals surface area contributed by atoms with Crippen LogP contribution >= 0.6 is 27.5 Å². The van der Waals surface area contributed by atoms with Crippen molar-refractivity contribution >= 4 is 33.2 Å². The average Bonchev–Trinajstić information content (AvgIpc) is 2.41. The molecule has 0 saturated carbocycles. The summed E-state index contributed by atoms with van der Waals surface area (Å²) in [6.07, 6.45) is 4.14. The van der Waals surface area contributed by atoms with Crippen LogP contribution in [0, 0.1) is 0 Å². The largest absolute Gasteiger partial charge is 0.495 e. The van der Waals surface area contributed by atoms with Crippen molar-refractivity contribution in [1.29, 1.82) is 0 Å². The number of halogens is 2. The summed E-state index contributed by atoms with van der Waals surface area (Å²) in [5.41, 5.74) is 2.08. The molecule has 2 rings (SSSR count). The summed E-state index contributed by atoms with van der Waals surface area (Å²) in [7, 11) is 1.67. The molecule has 5 heteroatoms. The lowest BCUT2D eigenvalue weighted by molar-refractivity contribution is 0.395. The number of hydrogen-bond donors (Lipinski definition) is 1. The second kappa shape index (κ2) is 5.96. The Morgan fingerprint density at radius 1 is 1.40 bits per heavy atom. The second-order valence-corrected chi connectivity index (χ2v) is 6.99. The van der Waals surface area contributed by atoms with Crippen molar-refractivity contribution < 1.29 is 4.74 Å². The zero-order valence-corrected chi connectivity index (χ0v) is 14.6. The van der Waals surface area contributed by atoms with Crippen molar-refractivity contribution in [3.63, 3.8) is 0 Å². The molecule has 0 saturated heterocycles. The molecular weight excluding hydrogens is 340 g/mol. The van der Waals surface area contributed by atoms with Gasteiger partial charge in [-0.3, -0.25) is 5.32 Å². The Hall–Kier alpha value is -0.710. The van der Waals surface area contributed by atoms with E-state index in [2.05, 4.69) is 65.3 Å². The molecule has 1 aliphatic heterocycles. The molecule has 0 fully saturated rings. The molecule has 0 bridgehead atoms. The highest BCUT2D eigenvalue weighted by Gasteiger charge is 2.26. The lowest BCUT2D eigenvalue weighted by Gasteiger charge is -2.30. The van der Waals surface area contributed by atoms with Crippen molar-refractivity contribution in [3.8, 4) is 5.75 Å². The molecule has 1 aromatic rings. The average molecular weight is 360 g/mol. The van der Waals surface area contributed by atoms with Crippen LogP contribution in [0.25, 0.3) is 0 Å². The topological polar surface area (TPSA) is 24.5 Å². The third kappa shape index (κ3) is 2.97. The van der Waals surface area contributed by atoms with Crippen LogP contribution in [-0.2, 0) is 5.41 Å². The Morgan fingerprint density at radius 3 is 2.60 bits per heavy atom. The number of rotatable bonds is 2. The molecule has 0 unspecified atom stereocenters. The first-order valence-corrected chi connectivity index (χ1v) is 7.74. The predicted molar refractivity (Wildman–Crippen MR) is 88.9 cm³/mol. The molecule has 0 amide bonds. The first kappa shape index (κ1) is 15.7. The van der Waals surface area contributed by atoms with Crippen molar-refractivity contribution in [2.24, 2.45) is 0 Å². The number of nitrogens with one attached hydrogen (secondary N) is 1. The molecule has 0 aliphatic carbocycles. The summed E-state index contributed by atoms with van der Waals surface area (Å²) in [6.45, 7) is 8.13. The highest BCUT2D eigenvalue weighted by Crippen LogP contribution is 2.46. The lowest BCUT2D eigenvalue weighted by atomic mass is 9.86. The maximum atomic E-state index is 6.50. The summed E-state index contributed by atoms with van der Waals surface area (Å²) in [6, 6.07) is 2.11. The van der Waals surface area contributed by atoms with E-state index in [1.54, 1.807) is 7.11 Å². The van der Waals surface area contributed by atoms with Gasteiger partial charge in [-0.1, -0.05) is 38.4 Å². The van der Waals surface area contributed by atoms with Gasteiger partial charge in [0, 0.05) is 18.3 Å². The van der Waals surface area contributed by atoms with E-state index in [0.29, 0.717) is 5.02 Å². The fourth-order valence-corrected chi connectivity index (χ4v) is 3.06. The molecular formula is C15H20BrClN2O. The van der Waals surface area contributed by atoms with Gasteiger partial charge in [0.1, 0.15) is 5.75 Å². The van der Waals surface area contributed by atoms with Gasteiger partial charge in [-0.2, -0.15) is 0 Å². The van der Waals surface area contributed by atoms with Crippen LogP contribution in [0.15, 0.2) is 22.8 Å². The summed E-state index contributed by atoms with van der Waals surface area (Å²) in [5.74, 6) is 0.806. The predicted octanol–water partition coefficient (Wildman–Crippen LogP) is 4.29. The van der Waals surface area contributed by atoms with Crippen LogP contribution in [0.4, 0.5) is 5.69 Å². The van der Waals surface area contributed by atoms with Gasteiger partial charge < -0.3 is 9.64 Å². The number of anilines is 1. The first-order valence-electron chi connectivity index (χ1n) is 6.56. The van der Waals surface area contributed by atoms with Gasteiger partial charge in [-0.05, 0) is 27.4 Å². The van der Waals surface area contributed by atoms with E-state index >= 15 is 0 Å². The number of nitrogens with zero attached hydrogens (tertiary/aromatic N) is 1. The lowest BCUT2D eigenvalue weighted by Crippen LogP contribution is -2.34. The fourth-order valence-electron chi connectivity index (χ4n) is 2.23. The monoisotopic (exact) mass is 358 g/mol. The van der Waals surface area contributed by atoms with Crippen molar-refractivity contribution in [1.82, 2.24) is 5.32 Å². The molecule has 20 heavy (non-hydrogen) atoms. The van der Waals surface area contributed by atoms with Gasteiger partial charge >= 0.3 is 0 Å². The van der Waals surface area contributed by atoms with Gasteiger partial charge in [0.05, 0.1) is 29.0 Å². The third-order valence-electron chi connectivity index (χ3n) is 3.29. The Bertz CT molecular complexity index is 538. The fraction of sp³-hybridized carbons (Fsp3) is 0.467. The smallest absolute Gasteiger partial charge is 0.138 e. The molecule has 1 aliphatic rings. The highest BCUT2D eigenvalue weighted by atomic mass is 79.9. The van der Waals surface area contributed by atoms with Gasteiger partial charge in [0.25, 0.3) is 0 Å². The minimum Gasteiger partial charge on any atom is -0.495 e. The zero-order valence-electron chi connectivity index (χ0n) is 12.3. The Morgan fingerprint density at radius 2 is 2.10 bits per heavy atom. The number of benzene rings is 1. The number of ether oxygens (including phenoxy) is 1. The summed E-state index contributed by atoms with van der Waals surface area (Å²) in [4.78, 5) is 2.10. The first-order chi connectivity index (χ1) is 9.36. The van der Waals surface area contributed by atoms with Crippen LogP contribution < -0.4 is 15.0 Å². The zero-order chi connectivity index (χ0) is 14.9. The number of methoxy groups -OCH3 is 1. The molecule has 110 valence electrons. The third-order valence-corrected chi connectivity index (χ3v) is 4.66. The highest BCUT2D eigenvalue weighted by molar-refractivity contribution is 9.10. The Labute approximate surface area is 134 Å². The Kier molecular flexibility index (Phi) is 4.67. The SMILES string of the molecule is COc1c(C(C)(C)C)cc(N2C=CCNC2)c(Cl)c1Br. The van der Waals surface area contributed by atoms with Crippen molar-refractivity contribution in [3.05, 3.63) is 33.4 Å². The molecule has 0 radical (unpaired) electrons. The van der Waals surface area contributed by atoms with Crippen molar-refractivity contribution in [2.75, 3.05) is 25.2 Å². The summed E-state index contributed by atoms with van der Waals surface area (Å²) < 4.78 is 6.35. The maximum Gasteiger partial charge on any atom is 0.138 e. The minimum absolute atomic E-state index is 0.0276. The van der Waals surface area contributed by atoms with E-state index in [4.69, 9.17) is 16.3 Å².